The van der Waals surface area contributed by atoms with Crippen LogP contribution in [-0.4, -0.2) is 24.0 Å². The highest BCUT2D eigenvalue weighted by atomic mass is 35.5. The molecule has 3 rings (SSSR count). The number of benzene rings is 2. The topological polar surface area (TPSA) is 128 Å². The molecule has 0 spiro atoms. The Kier molecular flexibility index (Phi) is 4.76. The van der Waals surface area contributed by atoms with Gasteiger partial charge in [0.2, 0.25) is 0 Å². The SMILES string of the molecule is O=S(=O)(O)c1cc(O)c(N=NC2=NC=C[NH2+]2)c2ccccc12.[Cl-]. The lowest BCUT2D eigenvalue weighted by Crippen LogP contribution is -3.00. The molecule has 10 heteroatoms. The lowest BCUT2D eigenvalue weighted by molar-refractivity contribution is -0.459. The number of nitrogens with zero attached hydrogens (tertiary/aromatic N) is 3. The van der Waals surface area contributed by atoms with Crippen molar-refractivity contribution in [1.29, 1.82) is 0 Å². The van der Waals surface area contributed by atoms with Gasteiger partial charge in [-0.1, -0.05) is 29.4 Å². The molecule has 120 valence electrons. The minimum atomic E-state index is -4.47. The van der Waals surface area contributed by atoms with Crippen molar-refractivity contribution in [1.82, 2.24) is 0 Å². The Bertz CT molecular complexity index is 954. The minimum absolute atomic E-state index is 0. The van der Waals surface area contributed by atoms with Crippen molar-refractivity contribution >= 4 is 32.5 Å². The second kappa shape index (κ2) is 6.42. The van der Waals surface area contributed by atoms with Crippen molar-refractivity contribution in [2.75, 3.05) is 0 Å². The molecule has 1 heterocycles. The van der Waals surface area contributed by atoms with E-state index in [2.05, 4.69) is 15.2 Å². The molecule has 0 saturated carbocycles. The molecule has 0 bridgehead atoms. The van der Waals surface area contributed by atoms with E-state index < -0.39 is 15.9 Å². The summed E-state index contributed by atoms with van der Waals surface area (Å²) in [6, 6.07) is 7.32. The first-order valence-corrected chi connectivity index (χ1v) is 7.62. The van der Waals surface area contributed by atoms with Gasteiger partial charge in [0, 0.05) is 16.8 Å². The second-order valence-electron chi connectivity index (χ2n) is 4.46. The molecule has 0 aliphatic carbocycles. The molecule has 1 aliphatic heterocycles. The molecule has 0 atom stereocenters. The highest BCUT2D eigenvalue weighted by molar-refractivity contribution is 7.86. The maximum absolute atomic E-state index is 11.4. The van der Waals surface area contributed by atoms with Gasteiger partial charge in [0.15, 0.2) is 0 Å². The zero-order valence-electron chi connectivity index (χ0n) is 11.5. The van der Waals surface area contributed by atoms with Crippen molar-refractivity contribution in [3.63, 3.8) is 0 Å². The second-order valence-corrected chi connectivity index (χ2v) is 5.85. The first kappa shape index (κ1) is 17.0. The summed E-state index contributed by atoms with van der Waals surface area (Å²) in [6.07, 6.45) is 3.24. The van der Waals surface area contributed by atoms with Gasteiger partial charge in [-0.05, 0) is 0 Å². The Morgan fingerprint density at radius 2 is 1.83 bits per heavy atom. The van der Waals surface area contributed by atoms with Crippen LogP contribution in [-0.2, 0) is 10.1 Å². The summed E-state index contributed by atoms with van der Waals surface area (Å²) in [7, 11) is -4.47. The smallest absolute Gasteiger partial charge is 0.349 e. The quantitative estimate of drug-likeness (QED) is 0.438. The minimum Gasteiger partial charge on any atom is -1.00 e. The van der Waals surface area contributed by atoms with Gasteiger partial charge in [0.05, 0.1) is 6.20 Å². The van der Waals surface area contributed by atoms with E-state index in [4.69, 9.17) is 0 Å². The molecule has 4 N–H and O–H groups in total. The molecule has 2 aromatic carbocycles. The van der Waals surface area contributed by atoms with Crippen LogP contribution in [0.2, 0.25) is 0 Å². The third kappa shape index (κ3) is 3.37. The summed E-state index contributed by atoms with van der Waals surface area (Å²) in [6.45, 7) is 0. The summed E-state index contributed by atoms with van der Waals surface area (Å²) >= 11 is 0. The summed E-state index contributed by atoms with van der Waals surface area (Å²) in [4.78, 5) is 3.54. The number of hydrogen-bond acceptors (Lipinski definition) is 6. The van der Waals surface area contributed by atoms with E-state index in [1.54, 1.807) is 35.9 Å². The Morgan fingerprint density at radius 3 is 2.43 bits per heavy atom. The van der Waals surface area contributed by atoms with E-state index in [0.717, 1.165) is 6.07 Å². The van der Waals surface area contributed by atoms with Crippen molar-refractivity contribution in [3.05, 3.63) is 42.7 Å². The van der Waals surface area contributed by atoms with Gasteiger partial charge in [0.25, 0.3) is 10.1 Å². The van der Waals surface area contributed by atoms with Crippen LogP contribution in [0.25, 0.3) is 10.8 Å². The van der Waals surface area contributed by atoms with Crippen molar-refractivity contribution in [2.45, 2.75) is 4.90 Å². The van der Waals surface area contributed by atoms with Crippen LogP contribution >= 0.6 is 0 Å². The fourth-order valence-electron chi connectivity index (χ4n) is 2.08. The number of azo groups is 1. The summed E-state index contributed by atoms with van der Waals surface area (Å²) < 4.78 is 32.2. The third-order valence-electron chi connectivity index (χ3n) is 3.03. The predicted molar refractivity (Wildman–Crippen MR) is 78.4 cm³/mol. The van der Waals surface area contributed by atoms with E-state index in [1.165, 1.54) is 6.07 Å². The van der Waals surface area contributed by atoms with Crippen LogP contribution in [0.1, 0.15) is 0 Å². The molecule has 0 fully saturated rings. The fourth-order valence-corrected chi connectivity index (χ4v) is 2.80. The van der Waals surface area contributed by atoms with Gasteiger partial charge in [-0.2, -0.15) is 13.4 Å². The van der Waals surface area contributed by atoms with Gasteiger partial charge in [0.1, 0.15) is 22.5 Å². The van der Waals surface area contributed by atoms with Crippen LogP contribution < -0.4 is 17.7 Å². The predicted octanol–water partition coefficient (Wildman–Crippen LogP) is -1.72. The van der Waals surface area contributed by atoms with Crippen LogP contribution in [0.15, 0.2) is 62.8 Å². The number of halogens is 1. The number of phenolic OH excluding ortho intramolecular Hbond substituents is 1. The Morgan fingerprint density at radius 1 is 1.13 bits per heavy atom. The molecule has 0 radical (unpaired) electrons. The molecular formula is C13H11ClN4O4S. The van der Waals surface area contributed by atoms with Gasteiger partial charge in [-0.3, -0.25) is 9.87 Å². The number of quaternary nitrogens is 1. The van der Waals surface area contributed by atoms with E-state index in [-0.39, 0.29) is 28.4 Å². The molecule has 0 unspecified atom stereocenters. The first-order chi connectivity index (χ1) is 10.5. The summed E-state index contributed by atoms with van der Waals surface area (Å²) in [5, 5.41) is 20.1. The Balaban J connectivity index is 0.00000192. The fraction of sp³-hybridized carbons (Fsp3) is 0. The number of aliphatic imine (C=N–C) groups is 1. The zero-order valence-corrected chi connectivity index (χ0v) is 13.0. The van der Waals surface area contributed by atoms with Crippen molar-refractivity contribution in [2.24, 2.45) is 15.2 Å². The van der Waals surface area contributed by atoms with E-state index in [0.29, 0.717) is 11.3 Å². The zero-order chi connectivity index (χ0) is 15.7. The Hall–Kier alpha value is -2.33. The number of guanidine groups is 1. The summed E-state index contributed by atoms with van der Waals surface area (Å²) in [5.41, 5.74) is 0.103. The van der Waals surface area contributed by atoms with Gasteiger partial charge in [-0.15, -0.1) is 5.11 Å². The van der Waals surface area contributed by atoms with Crippen LogP contribution in [0.4, 0.5) is 5.69 Å². The highest BCUT2D eigenvalue weighted by Gasteiger charge is 2.19. The first-order valence-electron chi connectivity index (χ1n) is 6.18. The number of aromatic hydroxyl groups is 1. The molecule has 0 amide bonds. The molecule has 23 heavy (non-hydrogen) atoms. The largest absolute Gasteiger partial charge is 1.00 e. The molecule has 1 aliphatic rings. The lowest BCUT2D eigenvalue weighted by Gasteiger charge is -2.08. The third-order valence-corrected chi connectivity index (χ3v) is 3.92. The molecule has 2 aromatic rings. The van der Waals surface area contributed by atoms with E-state index >= 15 is 0 Å². The number of nitrogens with two attached hydrogens (primary N) is 1. The average Bonchev–Trinajstić information content (AvgIpc) is 2.98. The van der Waals surface area contributed by atoms with Gasteiger partial charge in [-0.25, -0.2) is 0 Å². The average molecular weight is 355 g/mol. The van der Waals surface area contributed by atoms with Gasteiger partial charge >= 0.3 is 5.96 Å². The van der Waals surface area contributed by atoms with Crippen LogP contribution in [0.3, 0.4) is 0 Å². The van der Waals surface area contributed by atoms with Gasteiger partial charge < -0.3 is 17.5 Å². The van der Waals surface area contributed by atoms with E-state index in [1.807, 2.05) is 0 Å². The van der Waals surface area contributed by atoms with Crippen LogP contribution in [0.5, 0.6) is 5.75 Å². The molecular weight excluding hydrogens is 344 g/mol. The summed E-state index contributed by atoms with van der Waals surface area (Å²) in [5.74, 6) is -0.0380. The standard InChI is InChI=1S/C13H10N4O4S.ClH/c18-10-7-11(22(19,20)21)8-3-1-2-4-9(8)12(10)16-17-13-14-5-6-15-13;/h1-7,18H,(H,14,15)(H,19,20,21);1H. The number of rotatable bonds is 2. The number of fused-ring (bicyclic) bond motifs is 1. The number of hydrogen-bond donors (Lipinski definition) is 3. The van der Waals surface area contributed by atoms with Crippen LogP contribution in [0, 0.1) is 0 Å². The molecule has 0 aromatic heterocycles. The van der Waals surface area contributed by atoms with Crippen molar-refractivity contribution < 1.29 is 35.8 Å². The Labute approximate surface area is 137 Å². The maximum atomic E-state index is 11.4. The number of phenols is 1. The monoisotopic (exact) mass is 354 g/mol. The highest BCUT2D eigenvalue weighted by Crippen LogP contribution is 2.39. The normalized spacial score (nSPS) is 14.2. The lowest BCUT2D eigenvalue weighted by atomic mass is 10.1. The maximum Gasteiger partial charge on any atom is 0.349 e. The van der Waals surface area contributed by atoms with Crippen molar-refractivity contribution in [3.8, 4) is 5.75 Å². The molecule has 0 saturated heterocycles. The van der Waals surface area contributed by atoms with E-state index in [9.17, 15) is 18.1 Å². The molecule has 8 nitrogen and oxygen atoms in total.